The third-order valence-electron chi connectivity index (χ3n) is 4.47. The number of nitrogens with zero attached hydrogens (tertiary/aromatic N) is 2. The fraction of sp³-hybridized carbons (Fsp3) is 0.250. The molecule has 1 amide bonds. The number of halogens is 6. The van der Waals surface area contributed by atoms with Crippen molar-refractivity contribution < 1.29 is 31.1 Å². The molecule has 0 aliphatic carbocycles. The van der Waals surface area contributed by atoms with E-state index in [0.29, 0.717) is 17.2 Å². The number of alkyl halides is 6. The van der Waals surface area contributed by atoms with Gasteiger partial charge in [0.05, 0.1) is 0 Å². The minimum absolute atomic E-state index is 0.0110. The summed E-state index contributed by atoms with van der Waals surface area (Å²) in [5.41, 5.74) is -1.55. The minimum atomic E-state index is -4.82. The Balaban J connectivity index is 2.10. The van der Waals surface area contributed by atoms with Gasteiger partial charge in [-0.15, -0.1) is 0 Å². The molecule has 0 bridgehead atoms. The van der Waals surface area contributed by atoms with E-state index in [9.17, 15) is 35.9 Å². The van der Waals surface area contributed by atoms with Crippen LogP contribution < -0.4 is 10.9 Å². The monoisotopic (exact) mass is 443 g/mol. The molecule has 0 aliphatic rings. The zero-order chi connectivity index (χ0) is 23.0. The second-order valence-corrected chi connectivity index (χ2v) is 6.62. The summed E-state index contributed by atoms with van der Waals surface area (Å²) in [6.07, 6.45) is -7.85. The number of aromatic nitrogens is 2. The first-order valence-corrected chi connectivity index (χ1v) is 8.98. The van der Waals surface area contributed by atoms with Crippen molar-refractivity contribution in [2.45, 2.75) is 25.7 Å². The molecule has 3 aromatic rings. The topological polar surface area (TPSA) is 63.5 Å². The van der Waals surface area contributed by atoms with E-state index in [4.69, 9.17) is 0 Å². The van der Waals surface area contributed by atoms with Crippen LogP contribution in [0.25, 0.3) is 16.8 Å². The van der Waals surface area contributed by atoms with Crippen molar-refractivity contribution >= 4 is 11.6 Å². The van der Waals surface area contributed by atoms with E-state index < -0.39 is 36.1 Å². The summed E-state index contributed by atoms with van der Waals surface area (Å²) < 4.78 is 77.4. The highest BCUT2D eigenvalue weighted by Gasteiger charge is 2.34. The first kappa shape index (κ1) is 22.3. The molecule has 3 rings (SSSR count). The molecule has 5 nitrogen and oxygen atoms in total. The SMILES string of the molecule is CCc1cc(-c2cccn3c(=O)cc(C(F)(F)F)nc23)ccc1C(=O)NCC(F)(F)F. The summed E-state index contributed by atoms with van der Waals surface area (Å²) in [7, 11) is 0. The van der Waals surface area contributed by atoms with Crippen LogP contribution in [0.2, 0.25) is 0 Å². The Hall–Kier alpha value is -3.37. The predicted molar refractivity (Wildman–Crippen MR) is 99.7 cm³/mol. The van der Waals surface area contributed by atoms with Crippen LogP contribution in [0.1, 0.15) is 28.5 Å². The smallest absolute Gasteiger partial charge is 0.343 e. The fourth-order valence-corrected chi connectivity index (χ4v) is 3.05. The molecule has 0 unspecified atom stereocenters. The van der Waals surface area contributed by atoms with Gasteiger partial charge >= 0.3 is 12.4 Å². The van der Waals surface area contributed by atoms with Crippen molar-refractivity contribution in [2.75, 3.05) is 6.54 Å². The van der Waals surface area contributed by atoms with E-state index in [-0.39, 0.29) is 23.2 Å². The Labute approximate surface area is 171 Å². The number of hydrogen-bond acceptors (Lipinski definition) is 3. The summed E-state index contributed by atoms with van der Waals surface area (Å²) >= 11 is 0. The average molecular weight is 443 g/mol. The molecule has 2 aromatic heterocycles. The van der Waals surface area contributed by atoms with E-state index in [1.54, 1.807) is 12.2 Å². The van der Waals surface area contributed by atoms with E-state index in [2.05, 4.69) is 4.98 Å². The van der Waals surface area contributed by atoms with Crippen molar-refractivity contribution in [1.29, 1.82) is 0 Å². The Morgan fingerprint density at radius 1 is 1.10 bits per heavy atom. The number of nitrogens with one attached hydrogen (secondary N) is 1. The number of aryl methyl sites for hydroxylation is 1. The highest BCUT2D eigenvalue weighted by Crippen LogP contribution is 2.30. The molecule has 1 aromatic carbocycles. The number of benzene rings is 1. The highest BCUT2D eigenvalue weighted by atomic mass is 19.4. The second kappa shape index (κ2) is 8.05. The average Bonchev–Trinajstić information content (AvgIpc) is 2.70. The largest absolute Gasteiger partial charge is 0.433 e. The molecule has 31 heavy (non-hydrogen) atoms. The van der Waals surface area contributed by atoms with Gasteiger partial charge in [0.25, 0.3) is 11.5 Å². The van der Waals surface area contributed by atoms with Crippen LogP contribution in [0.15, 0.2) is 47.4 Å². The van der Waals surface area contributed by atoms with Crippen LogP contribution in [0.3, 0.4) is 0 Å². The van der Waals surface area contributed by atoms with Gasteiger partial charge in [0.15, 0.2) is 5.69 Å². The molecular formula is C20H15F6N3O2. The van der Waals surface area contributed by atoms with Gasteiger partial charge in [-0.2, -0.15) is 26.3 Å². The molecule has 0 aliphatic heterocycles. The van der Waals surface area contributed by atoms with E-state index in [0.717, 1.165) is 4.40 Å². The lowest BCUT2D eigenvalue weighted by atomic mass is 9.97. The molecular weight excluding hydrogens is 428 g/mol. The summed E-state index contributed by atoms with van der Waals surface area (Å²) in [5, 5.41) is 1.79. The lowest BCUT2D eigenvalue weighted by Gasteiger charge is -2.14. The maximum Gasteiger partial charge on any atom is 0.433 e. The summed E-state index contributed by atoms with van der Waals surface area (Å²) in [6.45, 7) is 0.181. The number of fused-ring (bicyclic) bond motifs is 1. The summed E-state index contributed by atoms with van der Waals surface area (Å²) in [5.74, 6) is -0.924. The molecule has 0 saturated carbocycles. The van der Waals surface area contributed by atoms with Crippen LogP contribution in [-0.4, -0.2) is 28.0 Å². The quantitative estimate of drug-likeness (QED) is 0.614. The van der Waals surface area contributed by atoms with Crippen LogP contribution in [-0.2, 0) is 12.6 Å². The molecule has 2 heterocycles. The number of amides is 1. The zero-order valence-corrected chi connectivity index (χ0v) is 15.9. The number of carbonyl (C=O) groups excluding carboxylic acids is 1. The number of pyridine rings is 1. The Bertz CT molecular complexity index is 1200. The van der Waals surface area contributed by atoms with E-state index in [1.807, 2.05) is 0 Å². The van der Waals surface area contributed by atoms with Gasteiger partial charge in [0, 0.05) is 23.4 Å². The van der Waals surface area contributed by atoms with Crippen LogP contribution in [0.4, 0.5) is 26.3 Å². The third-order valence-corrected chi connectivity index (χ3v) is 4.47. The van der Waals surface area contributed by atoms with Crippen molar-refractivity contribution in [1.82, 2.24) is 14.7 Å². The molecule has 0 atom stereocenters. The van der Waals surface area contributed by atoms with Crippen molar-refractivity contribution in [3.63, 3.8) is 0 Å². The number of rotatable bonds is 4. The fourth-order valence-electron chi connectivity index (χ4n) is 3.05. The first-order valence-electron chi connectivity index (χ1n) is 8.98. The van der Waals surface area contributed by atoms with Crippen LogP contribution in [0.5, 0.6) is 0 Å². The number of hydrogen-bond donors (Lipinski definition) is 1. The molecule has 164 valence electrons. The summed E-state index contributed by atoms with van der Waals surface area (Å²) in [4.78, 5) is 27.9. The van der Waals surface area contributed by atoms with Crippen LogP contribution >= 0.6 is 0 Å². The Kier molecular flexibility index (Phi) is 5.79. The van der Waals surface area contributed by atoms with E-state index in [1.165, 1.54) is 36.5 Å². The van der Waals surface area contributed by atoms with Gasteiger partial charge in [-0.05, 0) is 35.7 Å². The molecule has 0 fully saturated rings. The Morgan fingerprint density at radius 2 is 1.81 bits per heavy atom. The predicted octanol–water partition coefficient (Wildman–Crippen LogP) is 4.23. The second-order valence-electron chi connectivity index (χ2n) is 6.62. The molecule has 0 saturated heterocycles. The molecule has 0 spiro atoms. The number of carbonyl (C=O) groups is 1. The molecule has 0 radical (unpaired) electrons. The lowest BCUT2D eigenvalue weighted by Crippen LogP contribution is -2.34. The normalized spacial score (nSPS) is 12.2. The minimum Gasteiger partial charge on any atom is -0.343 e. The van der Waals surface area contributed by atoms with Gasteiger partial charge in [-0.25, -0.2) is 4.98 Å². The maximum atomic E-state index is 13.1. The van der Waals surface area contributed by atoms with Crippen LogP contribution in [0, 0.1) is 0 Å². The maximum absolute atomic E-state index is 13.1. The Morgan fingerprint density at radius 3 is 2.42 bits per heavy atom. The molecule has 1 N–H and O–H groups in total. The van der Waals surface area contributed by atoms with Gasteiger partial charge in [-0.3, -0.25) is 14.0 Å². The molecule has 11 heteroatoms. The van der Waals surface area contributed by atoms with Gasteiger partial charge in [-0.1, -0.05) is 19.1 Å². The highest BCUT2D eigenvalue weighted by molar-refractivity contribution is 5.96. The van der Waals surface area contributed by atoms with Gasteiger partial charge in [0.2, 0.25) is 0 Å². The van der Waals surface area contributed by atoms with Gasteiger partial charge in [0.1, 0.15) is 12.2 Å². The zero-order valence-electron chi connectivity index (χ0n) is 15.9. The summed E-state index contributed by atoms with van der Waals surface area (Å²) in [6, 6.07) is 7.44. The van der Waals surface area contributed by atoms with Crippen molar-refractivity contribution in [3.8, 4) is 11.1 Å². The van der Waals surface area contributed by atoms with Gasteiger partial charge < -0.3 is 5.32 Å². The third kappa shape index (κ3) is 4.86. The lowest BCUT2D eigenvalue weighted by molar-refractivity contribution is -0.141. The first-order chi connectivity index (χ1) is 14.4. The van der Waals surface area contributed by atoms with Crippen molar-refractivity contribution in [3.05, 3.63) is 69.8 Å². The standard InChI is InChI=1S/C20H15F6N3O2/c1-2-11-8-12(5-6-14(11)18(31)27-10-19(21,22)23)13-4-3-7-29-16(30)9-15(20(24,25)26)28-17(13)29/h3-9H,2,10H2,1H3,(H,27,31). The van der Waals surface area contributed by atoms with Crippen molar-refractivity contribution in [2.24, 2.45) is 0 Å². The van der Waals surface area contributed by atoms with E-state index >= 15 is 0 Å².